The van der Waals surface area contributed by atoms with Crippen molar-refractivity contribution in [3.63, 3.8) is 0 Å². The van der Waals surface area contributed by atoms with Crippen LogP contribution in [0.1, 0.15) is 53.4 Å². The van der Waals surface area contributed by atoms with Crippen LogP contribution in [0.3, 0.4) is 0 Å². The lowest BCUT2D eigenvalue weighted by Crippen LogP contribution is -2.29. The van der Waals surface area contributed by atoms with Crippen molar-refractivity contribution in [3.8, 4) is 0 Å². The van der Waals surface area contributed by atoms with Crippen molar-refractivity contribution >= 4 is 6.29 Å². The molecule has 104 valence electrons. The van der Waals surface area contributed by atoms with Crippen molar-refractivity contribution in [3.05, 3.63) is 11.6 Å². The van der Waals surface area contributed by atoms with E-state index in [1.807, 2.05) is 13.8 Å². The number of rotatable bonds is 7. The smallest absolute Gasteiger partial charge is 0.165 e. The van der Waals surface area contributed by atoms with Gasteiger partial charge in [-0.05, 0) is 40.0 Å². The van der Waals surface area contributed by atoms with Gasteiger partial charge in [-0.3, -0.25) is 0 Å². The summed E-state index contributed by atoms with van der Waals surface area (Å²) in [6.07, 6.45) is 6.70. The van der Waals surface area contributed by atoms with Gasteiger partial charge in [0.05, 0.1) is 13.2 Å². The molecule has 0 bridgehead atoms. The van der Waals surface area contributed by atoms with E-state index in [4.69, 9.17) is 9.47 Å². The van der Waals surface area contributed by atoms with Gasteiger partial charge in [0.1, 0.15) is 6.29 Å². The SMILES string of the molecule is CC(C)=CCC[C@@](C)(C=O)CCC1(C)OCCO1. The van der Waals surface area contributed by atoms with Crippen LogP contribution in [0.2, 0.25) is 0 Å². The molecule has 1 fully saturated rings. The van der Waals surface area contributed by atoms with Crippen molar-refractivity contribution in [2.75, 3.05) is 13.2 Å². The van der Waals surface area contributed by atoms with Crippen LogP contribution in [-0.2, 0) is 14.3 Å². The molecule has 1 rings (SSSR count). The number of allylic oxidation sites excluding steroid dienone is 2. The molecule has 1 atom stereocenters. The monoisotopic (exact) mass is 254 g/mol. The van der Waals surface area contributed by atoms with E-state index >= 15 is 0 Å². The first-order valence-corrected chi connectivity index (χ1v) is 6.77. The van der Waals surface area contributed by atoms with Crippen LogP contribution in [0.15, 0.2) is 11.6 Å². The highest BCUT2D eigenvalue weighted by atomic mass is 16.7. The molecule has 1 aliphatic rings. The molecule has 1 heterocycles. The predicted molar refractivity (Wildman–Crippen MR) is 72.4 cm³/mol. The van der Waals surface area contributed by atoms with E-state index in [0.717, 1.165) is 32.0 Å². The Labute approximate surface area is 111 Å². The Balaban J connectivity index is 2.44. The van der Waals surface area contributed by atoms with Crippen LogP contribution in [0, 0.1) is 5.41 Å². The van der Waals surface area contributed by atoms with E-state index in [2.05, 4.69) is 19.9 Å². The second-order valence-corrected chi connectivity index (χ2v) is 5.92. The molecule has 18 heavy (non-hydrogen) atoms. The maximum absolute atomic E-state index is 11.3. The molecular weight excluding hydrogens is 228 g/mol. The molecule has 0 unspecified atom stereocenters. The number of hydrogen-bond acceptors (Lipinski definition) is 3. The third-order valence-electron chi connectivity index (χ3n) is 3.60. The molecular formula is C15H26O3. The van der Waals surface area contributed by atoms with Gasteiger partial charge in [0, 0.05) is 11.8 Å². The van der Waals surface area contributed by atoms with Gasteiger partial charge >= 0.3 is 0 Å². The van der Waals surface area contributed by atoms with E-state index in [0.29, 0.717) is 13.2 Å². The first-order valence-electron chi connectivity index (χ1n) is 6.77. The van der Waals surface area contributed by atoms with Crippen molar-refractivity contribution in [2.45, 2.75) is 59.2 Å². The highest BCUT2D eigenvalue weighted by Crippen LogP contribution is 2.33. The summed E-state index contributed by atoms with van der Waals surface area (Å²) in [5.74, 6) is -0.485. The first-order chi connectivity index (χ1) is 8.39. The Morgan fingerprint density at radius 1 is 1.28 bits per heavy atom. The largest absolute Gasteiger partial charge is 0.348 e. The van der Waals surface area contributed by atoms with Gasteiger partial charge in [-0.15, -0.1) is 0 Å². The van der Waals surface area contributed by atoms with Crippen molar-refractivity contribution in [1.29, 1.82) is 0 Å². The van der Waals surface area contributed by atoms with Gasteiger partial charge in [-0.1, -0.05) is 18.6 Å². The number of carbonyl (C=O) groups excluding carboxylic acids is 1. The standard InChI is InChI=1S/C15H26O3/c1-13(2)6-5-7-14(3,12-16)8-9-15(4)17-10-11-18-15/h6,12H,5,7-11H2,1-4H3/t14-/m1/s1. The second-order valence-electron chi connectivity index (χ2n) is 5.92. The van der Waals surface area contributed by atoms with Crippen molar-refractivity contribution < 1.29 is 14.3 Å². The second kappa shape index (κ2) is 6.48. The molecule has 0 saturated carbocycles. The predicted octanol–water partition coefficient (Wildman–Crippen LogP) is 3.48. The topological polar surface area (TPSA) is 35.5 Å². The molecule has 0 N–H and O–H groups in total. The fourth-order valence-corrected chi connectivity index (χ4v) is 2.15. The Kier molecular flexibility index (Phi) is 5.54. The van der Waals surface area contributed by atoms with Crippen LogP contribution >= 0.6 is 0 Å². The number of carbonyl (C=O) groups is 1. The minimum atomic E-state index is -0.485. The summed E-state index contributed by atoms with van der Waals surface area (Å²) in [6, 6.07) is 0. The Bertz CT molecular complexity index is 299. The van der Waals surface area contributed by atoms with Crippen molar-refractivity contribution in [2.24, 2.45) is 5.41 Å². The van der Waals surface area contributed by atoms with Crippen LogP contribution < -0.4 is 0 Å². The van der Waals surface area contributed by atoms with E-state index in [-0.39, 0.29) is 5.41 Å². The van der Waals surface area contributed by atoms with Crippen LogP contribution in [0.25, 0.3) is 0 Å². The molecule has 1 saturated heterocycles. The molecule has 0 amide bonds. The lowest BCUT2D eigenvalue weighted by molar-refractivity contribution is -0.152. The van der Waals surface area contributed by atoms with Gasteiger partial charge in [0.2, 0.25) is 0 Å². The fourth-order valence-electron chi connectivity index (χ4n) is 2.15. The molecule has 0 aromatic heterocycles. The molecule has 0 aliphatic carbocycles. The van der Waals surface area contributed by atoms with E-state index < -0.39 is 5.79 Å². The summed E-state index contributed by atoms with van der Waals surface area (Å²) in [5.41, 5.74) is 1.03. The summed E-state index contributed by atoms with van der Waals surface area (Å²) in [7, 11) is 0. The van der Waals surface area contributed by atoms with E-state index in [1.54, 1.807) is 0 Å². The maximum Gasteiger partial charge on any atom is 0.165 e. The van der Waals surface area contributed by atoms with Gasteiger partial charge in [-0.25, -0.2) is 0 Å². The summed E-state index contributed by atoms with van der Waals surface area (Å²) >= 11 is 0. The van der Waals surface area contributed by atoms with Crippen LogP contribution in [-0.4, -0.2) is 25.3 Å². The van der Waals surface area contributed by atoms with Crippen molar-refractivity contribution in [1.82, 2.24) is 0 Å². The maximum atomic E-state index is 11.3. The Hall–Kier alpha value is -0.670. The van der Waals surface area contributed by atoms with Crippen LogP contribution in [0.4, 0.5) is 0 Å². The molecule has 0 aromatic carbocycles. The average molecular weight is 254 g/mol. The van der Waals surface area contributed by atoms with Gasteiger partial charge in [0.15, 0.2) is 5.79 Å². The number of hydrogen-bond donors (Lipinski definition) is 0. The summed E-state index contributed by atoms with van der Waals surface area (Å²) in [6.45, 7) is 9.47. The van der Waals surface area contributed by atoms with Gasteiger partial charge in [0.25, 0.3) is 0 Å². The number of ether oxygens (including phenoxy) is 2. The third kappa shape index (κ3) is 4.91. The minimum Gasteiger partial charge on any atom is -0.348 e. The summed E-state index contributed by atoms with van der Waals surface area (Å²) in [5, 5.41) is 0. The van der Waals surface area contributed by atoms with E-state index in [1.165, 1.54) is 5.57 Å². The zero-order valence-electron chi connectivity index (χ0n) is 12.1. The van der Waals surface area contributed by atoms with Gasteiger partial charge in [-0.2, -0.15) is 0 Å². The first kappa shape index (κ1) is 15.4. The third-order valence-corrected chi connectivity index (χ3v) is 3.60. The zero-order chi connectivity index (χ0) is 13.6. The quantitative estimate of drug-likeness (QED) is 0.515. The molecule has 1 aliphatic heterocycles. The normalized spacial score (nSPS) is 21.3. The number of aldehydes is 1. The average Bonchev–Trinajstić information content (AvgIpc) is 2.74. The molecule has 0 radical (unpaired) electrons. The Morgan fingerprint density at radius 2 is 1.89 bits per heavy atom. The summed E-state index contributed by atoms with van der Waals surface area (Å²) in [4.78, 5) is 11.3. The molecule has 3 nitrogen and oxygen atoms in total. The van der Waals surface area contributed by atoms with Gasteiger partial charge < -0.3 is 14.3 Å². The Morgan fingerprint density at radius 3 is 2.39 bits per heavy atom. The molecule has 3 heteroatoms. The summed E-state index contributed by atoms with van der Waals surface area (Å²) < 4.78 is 11.1. The minimum absolute atomic E-state index is 0.274. The van der Waals surface area contributed by atoms with Crippen LogP contribution in [0.5, 0.6) is 0 Å². The zero-order valence-corrected chi connectivity index (χ0v) is 12.1. The lowest BCUT2D eigenvalue weighted by atomic mass is 9.81. The highest BCUT2D eigenvalue weighted by molar-refractivity contribution is 5.58. The highest BCUT2D eigenvalue weighted by Gasteiger charge is 2.34. The van der Waals surface area contributed by atoms with E-state index in [9.17, 15) is 4.79 Å². The fraction of sp³-hybridized carbons (Fsp3) is 0.800. The molecule has 0 aromatic rings. The lowest BCUT2D eigenvalue weighted by Gasteiger charge is -2.28. The molecule has 0 spiro atoms.